The molecule has 0 bridgehead atoms. The van der Waals surface area contributed by atoms with E-state index in [4.69, 9.17) is 5.73 Å². The second kappa shape index (κ2) is 3.86. The van der Waals surface area contributed by atoms with Crippen molar-refractivity contribution in [3.63, 3.8) is 0 Å². The molecule has 2 rings (SSSR count). The first-order chi connectivity index (χ1) is 7.46. The number of rotatable bonds is 1. The van der Waals surface area contributed by atoms with Gasteiger partial charge in [-0.15, -0.1) is 0 Å². The molecule has 0 saturated carbocycles. The van der Waals surface area contributed by atoms with Crippen molar-refractivity contribution in [3.8, 4) is 0 Å². The molecule has 0 radical (unpaired) electrons. The molecule has 0 amide bonds. The molecule has 16 heavy (non-hydrogen) atoms. The fourth-order valence-corrected chi connectivity index (χ4v) is 7.52. The Hall–Kier alpha value is -0.863. The Balaban J connectivity index is 2.50. The van der Waals surface area contributed by atoms with Crippen LogP contribution < -0.4 is 10.9 Å². The van der Waals surface area contributed by atoms with E-state index >= 15 is 0 Å². The predicted octanol–water partition coefficient (Wildman–Crippen LogP) is 2.58. The molecule has 1 aliphatic rings. The van der Waals surface area contributed by atoms with E-state index in [2.05, 4.69) is 62.9 Å². The minimum atomic E-state index is -1.58. The lowest BCUT2D eigenvalue weighted by atomic mass is 10.2. The number of hydrogen-bond donors (Lipinski definition) is 1. The Morgan fingerprint density at radius 1 is 1.19 bits per heavy atom. The molecule has 2 heteroatoms. The van der Waals surface area contributed by atoms with Crippen LogP contribution in [0.25, 0.3) is 0 Å². The maximum Gasteiger partial charge on any atom is 0.117 e. The molecule has 0 saturated heterocycles. The molecule has 2 atom stereocenters. The molecule has 1 aromatic rings. The molecule has 0 aromatic heterocycles. The van der Waals surface area contributed by atoms with E-state index in [0.717, 1.165) is 6.04 Å². The summed E-state index contributed by atoms with van der Waals surface area (Å²) >= 11 is 0. The fourth-order valence-electron chi connectivity index (χ4n) is 2.73. The summed E-state index contributed by atoms with van der Waals surface area (Å²) < 4.78 is 0. The minimum absolute atomic E-state index is 0.256. The van der Waals surface area contributed by atoms with Crippen LogP contribution in [0.4, 0.5) is 0 Å². The average Bonchev–Trinajstić information content (AvgIpc) is 2.62. The molecule has 0 fully saturated rings. The number of hydrogen-bond acceptors (Lipinski definition) is 1. The molecule has 1 heterocycles. The summed E-state index contributed by atoms with van der Waals surface area (Å²) in [5.41, 5.74) is 8.54. The van der Waals surface area contributed by atoms with E-state index in [9.17, 15) is 0 Å². The first-order valence-electron chi connectivity index (χ1n) is 5.96. The van der Waals surface area contributed by atoms with Gasteiger partial charge in [0.05, 0.1) is 0 Å². The molecule has 1 nitrogen and oxygen atoms in total. The molecular formula is C14H21NSi. The van der Waals surface area contributed by atoms with Crippen molar-refractivity contribution in [1.82, 2.24) is 0 Å². The standard InChI is InChI=1S/C14H21NSi/c1-14(2,3)16(10-9-12(15)11-16)13-7-5-4-6-8-13/h4-10,12H,11,15H2,1-3H3/t12-,16+/m1/s1. The lowest BCUT2D eigenvalue weighted by molar-refractivity contribution is 0.720. The van der Waals surface area contributed by atoms with Gasteiger partial charge in [-0.25, -0.2) is 0 Å². The fraction of sp³-hybridized carbons (Fsp3) is 0.429. The van der Waals surface area contributed by atoms with Gasteiger partial charge >= 0.3 is 0 Å². The van der Waals surface area contributed by atoms with Crippen molar-refractivity contribution in [3.05, 3.63) is 42.1 Å². The van der Waals surface area contributed by atoms with Gasteiger partial charge in [-0.2, -0.15) is 0 Å². The first kappa shape index (κ1) is 11.6. The molecular weight excluding hydrogens is 210 g/mol. The van der Waals surface area contributed by atoms with Crippen molar-refractivity contribution in [1.29, 1.82) is 0 Å². The van der Waals surface area contributed by atoms with Crippen molar-refractivity contribution in [2.24, 2.45) is 5.73 Å². The molecule has 0 aliphatic carbocycles. The van der Waals surface area contributed by atoms with Gasteiger partial charge in [0.2, 0.25) is 0 Å². The molecule has 1 aromatic carbocycles. The lowest BCUT2D eigenvalue weighted by Crippen LogP contribution is -2.53. The Labute approximate surface area is 99.4 Å². The van der Waals surface area contributed by atoms with Crippen molar-refractivity contribution < 1.29 is 0 Å². The highest BCUT2D eigenvalue weighted by atomic mass is 28.3. The van der Waals surface area contributed by atoms with E-state index in [1.165, 1.54) is 5.19 Å². The third-order valence-corrected chi connectivity index (χ3v) is 9.73. The number of nitrogens with two attached hydrogens (primary N) is 1. The predicted molar refractivity (Wildman–Crippen MR) is 73.5 cm³/mol. The van der Waals surface area contributed by atoms with E-state index in [1.807, 2.05) is 0 Å². The topological polar surface area (TPSA) is 26.0 Å². The SMILES string of the molecule is CC(C)(C)[Si@@]1(c2ccccc2)C=C[C@@H](N)C1. The maximum absolute atomic E-state index is 6.09. The van der Waals surface area contributed by atoms with Gasteiger partial charge in [-0.3, -0.25) is 0 Å². The summed E-state index contributed by atoms with van der Waals surface area (Å²) in [6.07, 6.45) is 2.21. The van der Waals surface area contributed by atoms with Crippen LogP contribution in [0.2, 0.25) is 11.1 Å². The molecule has 0 unspecified atom stereocenters. The molecule has 0 spiro atoms. The summed E-state index contributed by atoms with van der Waals surface area (Å²) in [5, 5.41) is 1.85. The van der Waals surface area contributed by atoms with Crippen LogP contribution in [0.3, 0.4) is 0 Å². The summed E-state index contributed by atoms with van der Waals surface area (Å²) in [6.45, 7) is 7.07. The van der Waals surface area contributed by atoms with Crippen LogP contribution in [0.1, 0.15) is 20.8 Å². The third-order valence-electron chi connectivity index (χ3n) is 3.81. The molecule has 86 valence electrons. The second-order valence-electron chi connectivity index (χ2n) is 5.81. The van der Waals surface area contributed by atoms with Crippen LogP contribution >= 0.6 is 0 Å². The maximum atomic E-state index is 6.09. The first-order valence-corrected chi connectivity index (χ1v) is 8.25. The van der Waals surface area contributed by atoms with Crippen molar-refractivity contribution >= 4 is 13.3 Å². The van der Waals surface area contributed by atoms with Crippen LogP contribution in [0, 0.1) is 0 Å². The Morgan fingerprint density at radius 2 is 1.81 bits per heavy atom. The van der Waals surface area contributed by atoms with E-state index in [-0.39, 0.29) is 6.04 Å². The van der Waals surface area contributed by atoms with Gasteiger partial charge in [0.25, 0.3) is 0 Å². The smallest absolute Gasteiger partial charge is 0.117 e. The van der Waals surface area contributed by atoms with Crippen LogP contribution in [0.15, 0.2) is 42.1 Å². The summed E-state index contributed by atoms with van der Waals surface area (Å²) in [7, 11) is -1.58. The summed E-state index contributed by atoms with van der Waals surface area (Å²) in [6, 6.07) is 12.3. The van der Waals surface area contributed by atoms with Gasteiger partial charge in [-0.1, -0.05) is 68.1 Å². The monoisotopic (exact) mass is 231 g/mol. The zero-order valence-corrected chi connectivity index (χ0v) is 11.4. The number of benzene rings is 1. The van der Waals surface area contributed by atoms with Gasteiger partial charge in [0, 0.05) is 6.04 Å². The Morgan fingerprint density at radius 3 is 2.25 bits per heavy atom. The highest BCUT2D eigenvalue weighted by Crippen LogP contribution is 2.42. The van der Waals surface area contributed by atoms with E-state index in [1.54, 1.807) is 0 Å². The Bertz CT molecular complexity index is 391. The quantitative estimate of drug-likeness (QED) is 0.739. The van der Waals surface area contributed by atoms with Gasteiger partial charge in [-0.05, 0) is 11.1 Å². The normalized spacial score (nSPS) is 29.6. The second-order valence-corrected chi connectivity index (χ2v) is 10.6. The molecule has 1 aliphatic heterocycles. The third kappa shape index (κ3) is 1.76. The highest BCUT2D eigenvalue weighted by molar-refractivity contribution is 6.98. The van der Waals surface area contributed by atoms with Crippen LogP contribution in [0.5, 0.6) is 0 Å². The largest absolute Gasteiger partial charge is 0.325 e. The van der Waals surface area contributed by atoms with E-state index < -0.39 is 8.07 Å². The summed E-state index contributed by atoms with van der Waals surface area (Å²) in [4.78, 5) is 0. The highest BCUT2D eigenvalue weighted by Gasteiger charge is 2.46. The lowest BCUT2D eigenvalue weighted by Gasteiger charge is -2.39. The zero-order valence-electron chi connectivity index (χ0n) is 10.4. The summed E-state index contributed by atoms with van der Waals surface area (Å²) in [5.74, 6) is 0. The van der Waals surface area contributed by atoms with Crippen LogP contribution in [-0.2, 0) is 0 Å². The minimum Gasteiger partial charge on any atom is -0.325 e. The van der Waals surface area contributed by atoms with Crippen molar-refractivity contribution in [2.75, 3.05) is 0 Å². The van der Waals surface area contributed by atoms with E-state index in [0.29, 0.717) is 5.04 Å². The molecule has 2 N–H and O–H groups in total. The zero-order chi connectivity index (χ0) is 11.8. The average molecular weight is 231 g/mol. The van der Waals surface area contributed by atoms with Crippen LogP contribution in [-0.4, -0.2) is 14.1 Å². The van der Waals surface area contributed by atoms with Gasteiger partial charge in [0.1, 0.15) is 8.07 Å². The van der Waals surface area contributed by atoms with Gasteiger partial charge in [0.15, 0.2) is 0 Å². The Kier molecular flexibility index (Phi) is 2.80. The van der Waals surface area contributed by atoms with Crippen molar-refractivity contribution in [2.45, 2.75) is 37.9 Å². The van der Waals surface area contributed by atoms with Gasteiger partial charge < -0.3 is 5.73 Å².